The molecule has 0 unspecified atom stereocenters. The largest absolute Gasteiger partial charge is 0.366 e. The van der Waals surface area contributed by atoms with E-state index in [1.54, 1.807) is 22.8 Å². The Kier molecular flexibility index (Phi) is 4.35. The van der Waals surface area contributed by atoms with Crippen molar-refractivity contribution in [2.75, 3.05) is 5.32 Å². The molecule has 2 aromatic heterocycles. The van der Waals surface area contributed by atoms with Gasteiger partial charge in [-0.05, 0) is 11.5 Å². The summed E-state index contributed by atoms with van der Waals surface area (Å²) in [5, 5.41) is 18.8. The van der Waals surface area contributed by atoms with Crippen molar-refractivity contribution < 1.29 is 4.92 Å². The number of hydrogen-bond donors (Lipinski definition) is 1. The molecule has 124 valence electrons. The Morgan fingerprint density at radius 2 is 2.17 bits per heavy atom. The third-order valence-electron chi connectivity index (χ3n) is 3.68. The second-order valence-corrected chi connectivity index (χ2v) is 6.12. The van der Waals surface area contributed by atoms with E-state index >= 15 is 0 Å². The quantitative estimate of drug-likeness (QED) is 0.428. The number of nitro benzene ring substituents is 1. The fourth-order valence-electron chi connectivity index (χ4n) is 2.46. The first-order chi connectivity index (χ1) is 11.5. The molecule has 1 aromatic carbocycles. The van der Waals surface area contributed by atoms with Gasteiger partial charge >= 0.3 is 0 Å². The molecule has 7 nitrogen and oxygen atoms in total. The average molecular weight is 346 g/mol. The summed E-state index contributed by atoms with van der Waals surface area (Å²) in [5.41, 5.74) is 2.57. The lowest BCUT2D eigenvalue weighted by atomic mass is 10.1. The molecule has 0 aliphatic rings. The third-order valence-corrected chi connectivity index (χ3v) is 3.88. The highest BCUT2D eigenvalue weighted by atomic mass is 35.5. The summed E-state index contributed by atoms with van der Waals surface area (Å²) < 4.78 is 1.69. The third kappa shape index (κ3) is 3.16. The number of nitro groups is 1. The van der Waals surface area contributed by atoms with Crippen LogP contribution in [-0.4, -0.2) is 19.5 Å². The average Bonchev–Trinajstić information content (AvgIpc) is 2.96. The van der Waals surface area contributed by atoms with Gasteiger partial charge in [-0.25, -0.2) is 4.98 Å². The second-order valence-electron chi connectivity index (χ2n) is 5.73. The van der Waals surface area contributed by atoms with Crippen molar-refractivity contribution in [3.8, 4) is 0 Å². The molecule has 3 aromatic rings. The molecule has 3 rings (SSSR count). The zero-order chi connectivity index (χ0) is 17.3. The van der Waals surface area contributed by atoms with Gasteiger partial charge in [-0.15, -0.1) is 0 Å². The number of anilines is 1. The van der Waals surface area contributed by atoms with Gasteiger partial charge in [0.25, 0.3) is 5.69 Å². The van der Waals surface area contributed by atoms with Crippen LogP contribution in [-0.2, 0) is 6.54 Å². The second kappa shape index (κ2) is 6.45. The molecule has 0 radical (unpaired) electrons. The molecule has 0 aliphatic carbocycles. The van der Waals surface area contributed by atoms with E-state index in [1.165, 1.54) is 12.1 Å². The first-order valence-corrected chi connectivity index (χ1v) is 7.85. The lowest BCUT2D eigenvalue weighted by Crippen LogP contribution is -2.06. The van der Waals surface area contributed by atoms with Crippen LogP contribution in [0.15, 0.2) is 36.5 Å². The zero-order valence-electron chi connectivity index (χ0n) is 13.2. The van der Waals surface area contributed by atoms with Gasteiger partial charge in [-0.1, -0.05) is 37.6 Å². The Morgan fingerprint density at radius 3 is 2.88 bits per heavy atom. The molecule has 0 spiro atoms. The van der Waals surface area contributed by atoms with E-state index < -0.39 is 4.92 Å². The number of aromatic nitrogens is 3. The highest BCUT2D eigenvalue weighted by Crippen LogP contribution is 2.24. The van der Waals surface area contributed by atoms with Crippen LogP contribution in [0.3, 0.4) is 0 Å². The van der Waals surface area contributed by atoms with Gasteiger partial charge in [0, 0.05) is 30.3 Å². The Hall–Kier alpha value is -2.67. The number of non-ortho nitro benzene ring substituents is 1. The Morgan fingerprint density at radius 1 is 1.38 bits per heavy atom. The monoisotopic (exact) mass is 345 g/mol. The predicted octanol–water partition coefficient (Wildman–Crippen LogP) is 4.03. The van der Waals surface area contributed by atoms with Crippen molar-refractivity contribution in [3.05, 3.63) is 62.9 Å². The van der Waals surface area contributed by atoms with E-state index in [2.05, 4.69) is 29.2 Å². The van der Waals surface area contributed by atoms with Crippen molar-refractivity contribution in [2.45, 2.75) is 26.3 Å². The van der Waals surface area contributed by atoms with Crippen molar-refractivity contribution in [1.29, 1.82) is 0 Å². The number of nitrogens with one attached hydrogen (secondary N) is 1. The van der Waals surface area contributed by atoms with Crippen LogP contribution < -0.4 is 5.32 Å². The minimum atomic E-state index is -0.409. The SMILES string of the molecule is CC(C)c1cnn2c(NCc3cccc([N+](=O)[O-])c3)cc(Cl)nc12. The molecule has 0 saturated carbocycles. The van der Waals surface area contributed by atoms with Gasteiger partial charge < -0.3 is 5.32 Å². The normalized spacial score (nSPS) is 11.2. The van der Waals surface area contributed by atoms with Crippen LogP contribution in [0.25, 0.3) is 5.65 Å². The number of rotatable bonds is 5. The first-order valence-electron chi connectivity index (χ1n) is 7.47. The van der Waals surface area contributed by atoms with E-state index in [0.717, 1.165) is 11.1 Å². The summed E-state index contributed by atoms with van der Waals surface area (Å²) in [6.07, 6.45) is 1.78. The molecule has 0 bridgehead atoms. The number of hydrogen-bond acceptors (Lipinski definition) is 5. The highest BCUT2D eigenvalue weighted by molar-refractivity contribution is 6.29. The highest BCUT2D eigenvalue weighted by Gasteiger charge is 2.13. The van der Waals surface area contributed by atoms with E-state index in [-0.39, 0.29) is 11.6 Å². The summed E-state index contributed by atoms with van der Waals surface area (Å²) >= 11 is 6.12. The summed E-state index contributed by atoms with van der Waals surface area (Å²) in [4.78, 5) is 14.8. The summed E-state index contributed by atoms with van der Waals surface area (Å²) in [5.74, 6) is 0.960. The van der Waals surface area contributed by atoms with Crippen LogP contribution in [0.2, 0.25) is 5.15 Å². The van der Waals surface area contributed by atoms with Crippen molar-refractivity contribution in [3.63, 3.8) is 0 Å². The fraction of sp³-hybridized carbons (Fsp3) is 0.250. The van der Waals surface area contributed by atoms with Crippen LogP contribution in [0.5, 0.6) is 0 Å². The van der Waals surface area contributed by atoms with Gasteiger partial charge in [0.15, 0.2) is 5.65 Å². The maximum atomic E-state index is 10.9. The molecule has 0 aliphatic heterocycles. The zero-order valence-corrected chi connectivity index (χ0v) is 14.0. The molecule has 24 heavy (non-hydrogen) atoms. The van der Waals surface area contributed by atoms with E-state index in [4.69, 9.17) is 11.6 Å². The van der Waals surface area contributed by atoms with Gasteiger partial charge in [0.05, 0.1) is 11.1 Å². The summed E-state index contributed by atoms with van der Waals surface area (Å²) in [6.45, 7) is 4.54. The van der Waals surface area contributed by atoms with Gasteiger partial charge in [0.2, 0.25) is 0 Å². The Balaban J connectivity index is 1.90. The number of nitrogens with zero attached hydrogens (tertiary/aromatic N) is 4. The molecule has 0 amide bonds. The smallest absolute Gasteiger partial charge is 0.269 e. The number of benzene rings is 1. The molecular formula is C16H16ClN5O2. The van der Waals surface area contributed by atoms with E-state index in [1.807, 2.05) is 6.07 Å². The van der Waals surface area contributed by atoms with Crippen molar-refractivity contribution >= 4 is 28.8 Å². The van der Waals surface area contributed by atoms with Crippen LogP contribution >= 0.6 is 11.6 Å². The lowest BCUT2D eigenvalue weighted by molar-refractivity contribution is -0.384. The van der Waals surface area contributed by atoms with E-state index in [0.29, 0.717) is 23.2 Å². The standard InChI is InChI=1S/C16H16ClN5O2/c1-10(2)13-9-19-21-15(7-14(17)20-16(13)21)18-8-11-4-3-5-12(6-11)22(23)24/h3-7,9-10,18H,8H2,1-2H3. The van der Waals surface area contributed by atoms with Crippen LogP contribution in [0.4, 0.5) is 11.5 Å². The Bertz CT molecular complexity index is 907. The minimum Gasteiger partial charge on any atom is -0.366 e. The lowest BCUT2D eigenvalue weighted by Gasteiger charge is -2.10. The maximum absolute atomic E-state index is 10.9. The maximum Gasteiger partial charge on any atom is 0.269 e. The Labute approximate surface area is 143 Å². The molecule has 1 N–H and O–H groups in total. The predicted molar refractivity (Wildman–Crippen MR) is 92.5 cm³/mol. The van der Waals surface area contributed by atoms with Crippen LogP contribution in [0.1, 0.15) is 30.9 Å². The first kappa shape index (κ1) is 16.2. The summed E-state index contributed by atoms with van der Waals surface area (Å²) in [6, 6.07) is 8.17. The van der Waals surface area contributed by atoms with Gasteiger partial charge in [0.1, 0.15) is 11.0 Å². The topological polar surface area (TPSA) is 85.4 Å². The minimum absolute atomic E-state index is 0.0633. The van der Waals surface area contributed by atoms with E-state index in [9.17, 15) is 10.1 Å². The number of fused-ring (bicyclic) bond motifs is 1. The van der Waals surface area contributed by atoms with Crippen molar-refractivity contribution in [1.82, 2.24) is 14.6 Å². The van der Waals surface area contributed by atoms with Crippen molar-refractivity contribution in [2.24, 2.45) is 0 Å². The van der Waals surface area contributed by atoms with Crippen LogP contribution in [0, 0.1) is 10.1 Å². The molecule has 2 heterocycles. The molecule has 0 atom stereocenters. The molecule has 0 fully saturated rings. The summed E-state index contributed by atoms with van der Waals surface area (Å²) in [7, 11) is 0. The van der Waals surface area contributed by atoms with Gasteiger partial charge in [-0.2, -0.15) is 9.61 Å². The fourth-order valence-corrected chi connectivity index (χ4v) is 2.64. The molecular weight excluding hydrogens is 330 g/mol. The molecule has 0 saturated heterocycles. The number of halogens is 1. The molecule has 8 heteroatoms. The van der Waals surface area contributed by atoms with Gasteiger partial charge in [-0.3, -0.25) is 10.1 Å².